The number of nitrogens with zero attached hydrogens (tertiary/aromatic N) is 6. The van der Waals surface area contributed by atoms with Crippen molar-refractivity contribution in [1.29, 1.82) is 0 Å². The van der Waals surface area contributed by atoms with Gasteiger partial charge in [0.2, 0.25) is 0 Å². The summed E-state index contributed by atoms with van der Waals surface area (Å²) >= 11 is 1.54. The fraction of sp³-hybridized carbons (Fsp3) is 0.190. The number of carbonyl (C=O) groups excluding carboxylic acids is 1. The number of pyridine rings is 1. The molecule has 0 atom stereocenters. The van der Waals surface area contributed by atoms with E-state index in [-0.39, 0.29) is 11.6 Å². The molecular weight excluding hydrogens is 419 g/mol. The maximum atomic E-state index is 13.2. The van der Waals surface area contributed by atoms with Gasteiger partial charge in [0.25, 0.3) is 11.5 Å². The molecule has 4 aromatic rings. The Morgan fingerprint density at radius 3 is 2.52 bits per heavy atom. The number of rotatable bonds is 3. The highest BCUT2D eigenvalue weighted by atomic mass is 32.1. The number of piperazine rings is 1. The second-order valence-electron chi connectivity index (χ2n) is 7.05. The van der Waals surface area contributed by atoms with Crippen molar-refractivity contribution in [2.75, 3.05) is 31.1 Å². The molecule has 3 aromatic heterocycles. The van der Waals surface area contributed by atoms with Crippen LogP contribution in [0.25, 0.3) is 16.0 Å². The Kier molecular flexibility index (Phi) is 4.91. The molecule has 4 heterocycles. The predicted molar refractivity (Wildman–Crippen MR) is 115 cm³/mol. The molecular formula is C21H17FN6O2S. The van der Waals surface area contributed by atoms with Gasteiger partial charge in [-0.15, -0.1) is 0 Å². The van der Waals surface area contributed by atoms with Crippen molar-refractivity contribution in [2.24, 2.45) is 0 Å². The standard InChI is InChI=1S/C21H17FN6O2S/c22-14-3-5-15(6-4-14)28-18(29)8-7-17(25-28)20(30)26-10-12-27(13-11-26)21-24-16-2-1-9-23-19(16)31-21/h1-9H,10-13H2. The summed E-state index contributed by atoms with van der Waals surface area (Å²) < 4.78 is 14.3. The van der Waals surface area contributed by atoms with E-state index in [9.17, 15) is 14.0 Å². The summed E-state index contributed by atoms with van der Waals surface area (Å²) in [5, 5.41) is 5.10. The van der Waals surface area contributed by atoms with E-state index in [1.807, 2.05) is 12.1 Å². The van der Waals surface area contributed by atoms with Crippen molar-refractivity contribution in [2.45, 2.75) is 0 Å². The number of aromatic nitrogens is 4. The van der Waals surface area contributed by atoms with E-state index in [4.69, 9.17) is 0 Å². The molecule has 31 heavy (non-hydrogen) atoms. The number of thiazole rings is 1. The van der Waals surface area contributed by atoms with Crippen LogP contribution in [0.2, 0.25) is 0 Å². The number of halogens is 1. The molecule has 1 saturated heterocycles. The minimum Gasteiger partial charge on any atom is -0.344 e. The normalized spacial score (nSPS) is 14.2. The summed E-state index contributed by atoms with van der Waals surface area (Å²) in [6.45, 7) is 2.31. The van der Waals surface area contributed by atoms with Gasteiger partial charge in [0.15, 0.2) is 5.13 Å². The molecule has 0 saturated carbocycles. The average molecular weight is 436 g/mol. The topological polar surface area (TPSA) is 84.2 Å². The molecule has 156 valence electrons. The second kappa shape index (κ2) is 7.88. The monoisotopic (exact) mass is 436 g/mol. The highest BCUT2D eigenvalue weighted by molar-refractivity contribution is 7.21. The molecule has 8 nitrogen and oxygen atoms in total. The number of hydrogen-bond donors (Lipinski definition) is 0. The van der Waals surface area contributed by atoms with Crippen LogP contribution in [-0.2, 0) is 0 Å². The number of fused-ring (bicyclic) bond motifs is 1. The first-order valence-corrected chi connectivity index (χ1v) is 10.5. The van der Waals surface area contributed by atoms with E-state index in [0.29, 0.717) is 31.9 Å². The van der Waals surface area contributed by atoms with Crippen molar-refractivity contribution < 1.29 is 9.18 Å². The van der Waals surface area contributed by atoms with Crippen molar-refractivity contribution in [3.63, 3.8) is 0 Å². The van der Waals surface area contributed by atoms with Gasteiger partial charge < -0.3 is 9.80 Å². The van der Waals surface area contributed by atoms with Crippen LogP contribution in [0, 0.1) is 5.82 Å². The van der Waals surface area contributed by atoms with Crippen LogP contribution in [0.3, 0.4) is 0 Å². The Labute approximate surface area is 180 Å². The van der Waals surface area contributed by atoms with Gasteiger partial charge in [-0.25, -0.2) is 14.4 Å². The van der Waals surface area contributed by atoms with Crippen LogP contribution in [0.1, 0.15) is 10.5 Å². The molecule has 10 heteroatoms. The van der Waals surface area contributed by atoms with Gasteiger partial charge in [-0.3, -0.25) is 9.59 Å². The zero-order valence-electron chi connectivity index (χ0n) is 16.3. The summed E-state index contributed by atoms with van der Waals surface area (Å²) in [7, 11) is 0. The van der Waals surface area contributed by atoms with Crippen LogP contribution < -0.4 is 10.5 Å². The second-order valence-corrected chi connectivity index (χ2v) is 8.00. The fourth-order valence-electron chi connectivity index (χ4n) is 3.45. The summed E-state index contributed by atoms with van der Waals surface area (Å²) in [6.07, 6.45) is 1.75. The molecule has 1 aromatic carbocycles. The molecule has 5 rings (SSSR count). The maximum absolute atomic E-state index is 13.2. The zero-order valence-corrected chi connectivity index (χ0v) is 17.1. The maximum Gasteiger partial charge on any atom is 0.274 e. The minimum absolute atomic E-state index is 0.168. The van der Waals surface area contributed by atoms with Gasteiger partial charge in [-0.1, -0.05) is 11.3 Å². The SMILES string of the molecule is O=C(c1ccc(=O)n(-c2ccc(F)cc2)n1)N1CCN(c2nc3cccnc3s2)CC1. The number of benzene rings is 1. The van der Waals surface area contributed by atoms with E-state index in [1.54, 1.807) is 11.1 Å². The molecule has 1 aliphatic rings. The van der Waals surface area contributed by atoms with Crippen LogP contribution >= 0.6 is 11.3 Å². The van der Waals surface area contributed by atoms with Gasteiger partial charge in [0, 0.05) is 38.4 Å². The molecule has 0 aliphatic carbocycles. The van der Waals surface area contributed by atoms with E-state index in [1.165, 1.54) is 47.7 Å². The van der Waals surface area contributed by atoms with Crippen molar-refractivity contribution in [1.82, 2.24) is 24.6 Å². The highest BCUT2D eigenvalue weighted by Crippen LogP contribution is 2.27. The Balaban J connectivity index is 1.31. The van der Waals surface area contributed by atoms with Crippen molar-refractivity contribution in [3.8, 4) is 5.69 Å². The Morgan fingerprint density at radius 2 is 1.77 bits per heavy atom. The lowest BCUT2D eigenvalue weighted by Crippen LogP contribution is -2.49. The average Bonchev–Trinajstić information content (AvgIpc) is 3.24. The van der Waals surface area contributed by atoms with E-state index < -0.39 is 11.4 Å². The summed E-state index contributed by atoms with van der Waals surface area (Å²) in [6, 6.07) is 11.9. The van der Waals surface area contributed by atoms with E-state index in [2.05, 4.69) is 20.0 Å². The molecule has 0 spiro atoms. The van der Waals surface area contributed by atoms with Gasteiger partial charge >= 0.3 is 0 Å². The van der Waals surface area contributed by atoms with Crippen molar-refractivity contribution >= 4 is 32.7 Å². The lowest BCUT2D eigenvalue weighted by atomic mass is 10.2. The lowest BCUT2D eigenvalue weighted by molar-refractivity contribution is 0.0738. The zero-order chi connectivity index (χ0) is 21.4. The molecule has 0 radical (unpaired) electrons. The molecule has 1 aliphatic heterocycles. The smallest absolute Gasteiger partial charge is 0.274 e. The number of carbonyl (C=O) groups is 1. The van der Waals surface area contributed by atoms with Gasteiger partial charge in [-0.05, 0) is 42.5 Å². The van der Waals surface area contributed by atoms with E-state index in [0.717, 1.165) is 20.2 Å². The number of amides is 1. The van der Waals surface area contributed by atoms with E-state index >= 15 is 0 Å². The predicted octanol–water partition coefficient (Wildman–Crippen LogP) is 2.34. The fourth-order valence-corrected chi connectivity index (χ4v) is 4.41. The summed E-state index contributed by atoms with van der Waals surface area (Å²) in [4.78, 5) is 38.9. The quantitative estimate of drug-likeness (QED) is 0.490. The first kappa shape index (κ1) is 19.3. The van der Waals surface area contributed by atoms with Gasteiger partial charge in [0.1, 0.15) is 21.9 Å². The molecule has 0 unspecified atom stereocenters. The Morgan fingerprint density at radius 1 is 1.00 bits per heavy atom. The Bertz CT molecular complexity index is 1280. The van der Waals surface area contributed by atoms with Crippen LogP contribution in [0.15, 0.2) is 59.5 Å². The third-order valence-electron chi connectivity index (χ3n) is 5.08. The Hall–Kier alpha value is -3.66. The molecule has 0 N–H and O–H groups in total. The molecule has 0 bridgehead atoms. The lowest BCUT2D eigenvalue weighted by Gasteiger charge is -2.34. The third-order valence-corrected chi connectivity index (χ3v) is 6.12. The molecule has 1 amide bonds. The van der Waals surface area contributed by atoms with Crippen LogP contribution in [0.4, 0.5) is 9.52 Å². The number of hydrogen-bond acceptors (Lipinski definition) is 7. The van der Waals surface area contributed by atoms with Crippen molar-refractivity contribution in [3.05, 3.63) is 76.6 Å². The van der Waals surface area contributed by atoms with Crippen LogP contribution in [0.5, 0.6) is 0 Å². The third kappa shape index (κ3) is 3.77. The van der Waals surface area contributed by atoms with Crippen LogP contribution in [-0.4, -0.2) is 56.7 Å². The highest BCUT2D eigenvalue weighted by Gasteiger charge is 2.25. The first-order chi connectivity index (χ1) is 15.1. The first-order valence-electron chi connectivity index (χ1n) is 9.70. The number of anilines is 1. The minimum atomic E-state index is -0.411. The largest absolute Gasteiger partial charge is 0.344 e. The molecule has 1 fully saturated rings. The summed E-state index contributed by atoms with van der Waals surface area (Å²) in [5.74, 6) is -0.660. The summed E-state index contributed by atoms with van der Waals surface area (Å²) in [5.41, 5.74) is 1.04. The van der Waals surface area contributed by atoms with Gasteiger partial charge in [0.05, 0.1) is 5.69 Å². The van der Waals surface area contributed by atoms with Gasteiger partial charge in [-0.2, -0.15) is 9.78 Å².